The van der Waals surface area contributed by atoms with Crippen molar-refractivity contribution >= 4 is 5.78 Å². The van der Waals surface area contributed by atoms with Crippen molar-refractivity contribution in [3.05, 3.63) is 35.9 Å². The molecule has 18 heavy (non-hydrogen) atoms. The van der Waals surface area contributed by atoms with E-state index in [0.29, 0.717) is 6.42 Å². The summed E-state index contributed by atoms with van der Waals surface area (Å²) in [5.74, 6) is -0.136. The lowest BCUT2D eigenvalue weighted by Gasteiger charge is -2.38. The van der Waals surface area contributed by atoms with Gasteiger partial charge in [0.25, 0.3) is 0 Å². The highest BCUT2D eigenvalue weighted by Crippen LogP contribution is 2.36. The van der Waals surface area contributed by atoms with Crippen LogP contribution >= 0.6 is 0 Å². The molecule has 2 heteroatoms. The molecule has 0 saturated heterocycles. The van der Waals surface area contributed by atoms with Gasteiger partial charge in [-0.2, -0.15) is 0 Å². The predicted octanol–water partition coefficient (Wildman–Crippen LogP) is 3.13. The van der Waals surface area contributed by atoms with Gasteiger partial charge in [0.2, 0.25) is 0 Å². The number of aliphatic hydroxyl groups is 1. The van der Waals surface area contributed by atoms with Gasteiger partial charge in [-0.15, -0.1) is 0 Å². The van der Waals surface area contributed by atoms with E-state index in [-0.39, 0.29) is 11.7 Å². The van der Waals surface area contributed by atoms with Crippen LogP contribution in [0.3, 0.4) is 0 Å². The first-order chi connectivity index (χ1) is 8.62. The maximum atomic E-state index is 11.9. The standard InChI is InChI=1S/C16H22O2/c1-13(17)15(12-14-8-4-2-5-9-14)16(18)10-6-3-7-11-16/h2,4-5,8-9,15,18H,3,6-7,10-12H2,1H3. The molecule has 1 unspecified atom stereocenters. The molecule has 1 aliphatic rings. The lowest BCUT2D eigenvalue weighted by atomic mass is 9.72. The highest BCUT2D eigenvalue weighted by atomic mass is 16.3. The molecular formula is C16H22O2. The molecule has 0 aromatic heterocycles. The maximum Gasteiger partial charge on any atom is 0.136 e. The summed E-state index contributed by atoms with van der Waals surface area (Å²) in [6, 6.07) is 10.0. The summed E-state index contributed by atoms with van der Waals surface area (Å²) in [4.78, 5) is 11.9. The van der Waals surface area contributed by atoms with Gasteiger partial charge in [-0.1, -0.05) is 49.6 Å². The van der Waals surface area contributed by atoms with E-state index < -0.39 is 5.60 Å². The normalized spacial score (nSPS) is 20.3. The van der Waals surface area contributed by atoms with Crippen LogP contribution in [0.5, 0.6) is 0 Å². The summed E-state index contributed by atoms with van der Waals surface area (Å²) >= 11 is 0. The van der Waals surface area contributed by atoms with Gasteiger partial charge >= 0.3 is 0 Å². The van der Waals surface area contributed by atoms with Crippen molar-refractivity contribution in [1.29, 1.82) is 0 Å². The third-order valence-corrected chi connectivity index (χ3v) is 4.14. The summed E-state index contributed by atoms with van der Waals surface area (Å²) in [6.45, 7) is 1.61. The smallest absolute Gasteiger partial charge is 0.136 e. The molecule has 0 aliphatic heterocycles. The number of hydrogen-bond donors (Lipinski definition) is 1. The predicted molar refractivity (Wildman–Crippen MR) is 72.4 cm³/mol. The maximum absolute atomic E-state index is 11.9. The molecule has 2 nitrogen and oxygen atoms in total. The Morgan fingerprint density at radius 2 is 1.83 bits per heavy atom. The Kier molecular flexibility index (Phi) is 4.18. The fraction of sp³-hybridized carbons (Fsp3) is 0.562. The Morgan fingerprint density at radius 3 is 2.39 bits per heavy atom. The monoisotopic (exact) mass is 246 g/mol. The molecule has 1 fully saturated rings. The Bertz CT molecular complexity index is 391. The van der Waals surface area contributed by atoms with Crippen molar-refractivity contribution in [3.63, 3.8) is 0 Å². The number of hydrogen-bond acceptors (Lipinski definition) is 2. The van der Waals surface area contributed by atoms with Crippen molar-refractivity contribution in [2.75, 3.05) is 0 Å². The summed E-state index contributed by atoms with van der Waals surface area (Å²) in [6.07, 6.45) is 5.45. The average molecular weight is 246 g/mol. The highest BCUT2D eigenvalue weighted by Gasteiger charge is 2.40. The first kappa shape index (κ1) is 13.3. The molecule has 1 aliphatic carbocycles. The van der Waals surface area contributed by atoms with Crippen LogP contribution in [-0.2, 0) is 11.2 Å². The minimum Gasteiger partial charge on any atom is -0.389 e. The van der Waals surface area contributed by atoms with Gasteiger partial charge in [-0.25, -0.2) is 0 Å². The van der Waals surface area contributed by atoms with Crippen LogP contribution in [0, 0.1) is 5.92 Å². The Morgan fingerprint density at radius 1 is 1.22 bits per heavy atom. The van der Waals surface area contributed by atoms with Gasteiger partial charge in [0.1, 0.15) is 5.78 Å². The van der Waals surface area contributed by atoms with Gasteiger partial charge in [-0.05, 0) is 31.7 Å². The lowest BCUT2D eigenvalue weighted by Crippen LogP contribution is -2.44. The first-order valence-electron chi connectivity index (χ1n) is 6.88. The zero-order valence-electron chi connectivity index (χ0n) is 11.1. The van der Waals surface area contributed by atoms with Crippen LogP contribution in [-0.4, -0.2) is 16.5 Å². The van der Waals surface area contributed by atoms with Crippen molar-refractivity contribution in [2.24, 2.45) is 5.92 Å². The SMILES string of the molecule is CC(=O)C(Cc1ccccc1)C1(O)CCCCC1. The summed E-state index contributed by atoms with van der Waals surface area (Å²) in [5, 5.41) is 10.7. The molecule has 0 amide bonds. The van der Waals surface area contributed by atoms with Gasteiger partial charge in [0, 0.05) is 0 Å². The van der Waals surface area contributed by atoms with E-state index in [1.807, 2.05) is 30.3 Å². The molecule has 0 radical (unpaired) electrons. The van der Waals surface area contributed by atoms with Crippen LogP contribution < -0.4 is 0 Å². The van der Waals surface area contributed by atoms with Crippen LogP contribution in [0.4, 0.5) is 0 Å². The van der Waals surface area contributed by atoms with Gasteiger partial charge in [0.15, 0.2) is 0 Å². The molecule has 1 aromatic carbocycles. The van der Waals surface area contributed by atoms with Crippen molar-refractivity contribution in [3.8, 4) is 0 Å². The van der Waals surface area contributed by atoms with Crippen LogP contribution in [0.1, 0.15) is 44.6 Å². The van der Waals surface area contributed by atoms with E-state index in [9.17, 15) is 9.90 Å². The first-order valence-corrected chi connectivity index (χ1v) is 6.88. The number of rotatable bonds is 4. The molecule has 2 rings (SSSR count). The van der Waals surface area contributed by atoms with E-state index in [1.165, 1.54) is 6.42 Å². The Balaban J connectivity index is 2.15. The van der Waals surface area contributed by atoms with Gasteiger partial charge < -0.3 is 5.11 Å². The molecule has 98 valence electrons. The molecule has 1 saturated carbocycles. The summed E-state index contributed by atoms with van der Waals surface area (Å²) < 4.78 is 0. The van der Waals surface area contributed by atoms with E-state index in [2.05, 4.69) is 0 Å². The number of ketones is 1. The molecule has 1 atom stereocenters. The van der Waals surface area contributed by atoms with Crippen molar-refractivity contribution < 1.29 is 9.90 Å². The lowest BCUT2D eigenvalue weighted by molar-refractivity contribution is -0.133. The zero-order valence-corrected chi connectivity index (χ0v) is 11.1. The van der Waals surface area contributed by atoms with Crippen LogP contribution in [0.25, 0.3) is 0 Å². The van der Waals surface area contributed by atoms with Gasteiger partial charge in [-0.3, -0.25) is 4.79 Å². The Labute approximate surface area is 109 Å². The highest BCUT2D eigenvalue weighted by molar-refractivity contribution is 5.80. The second-order valence-corrected chi connectivity index (χ2v) is 5.52. The van der Waals surface area contributed by atoms with Crippen LogP contribution in [0.2, 0.25) is 0 Å². The molecule has 0 bridgehead atoms. The van der Waals surface area contributed by atoms with Crippen molar-refractivity contribution in [1.82, 2.24) is 0 Å². The number of Topliss-reactive ketones (excluding diaryl/α,β-unsaturated/α-hetero) is 1. The Hall–Kier alpha value is -1.15. The second kappa shape index (κ2) is 5.66. The third-order valence-electron chi connectivity index (χ3n) is 4.14. The summed E-state index contributed by atoms with van der Waals surface area (Å²) in [5.41, 5.74) is 0.358. The second-order valence-electron chi connectivity index (χ2n) is 5.52. The topological polar surface area (TPSA) is 37.3 Å². The molecular weight excluding hydrogens is 224 g/mol. The zero-order chi connectivity index (χ0) is 13.0. The fourth-order valence-electron chi connectivity index (χ4n) is 3.07. The minimum absolute atomic E-state index is 0.114. The van der Waals surface area contributed by atoms with E-state index in [0.717, 1.165) is 31.2 Å². The fourth-order valence-corrected chi connectivity index (χ4v) is 3.07. The molecule has 0 spiro atoms. The largest absolute Gasteiger partial charge is 0.389 e. The number of benzene rings is 1. The van der Waals surface area contributed by atoms with E-state index >= 15 is 0 Å². The summed E-state index contributed by atoms with van der Waals surface area (Å²) in [7, 11) is 0. The third kappa shape index (κ3) is 2.99. The quantitative estimate of drug-likeness (QED) is 0.886. The van der Waals surface area contributed by atoms with Crippen molar-refractivity contribution in [2.45, 2.75) is 51.0 Å². The number of carbonyl (C=O) groups is 1. The average Bonchev–Trinajstić information content (AvgIpc) is 2.37. The van der Waals surface area contributed by atoms with Crippen LogP contribution in [0.15, 0.2) is 30.3 Å². The molecule has 1 aromatic rings. The van der Waals surface area contributed by atoms with E-state index in [4.69, 9.17) is 0 Å². The minimum atomic E-state index is -0.778. The van der Waals surface area contributed by atoms with E-state index in [1.54, 1.807) is 6.92 Å². The number of carbonyl (C=O) groups excluding carboxylic acids is 1. The van der Waals surface area contributed by atoms with Gasteiger partial charge in [0.05, 0.1) is 11.5 Å². The molecule has 1 N–H and O–H groups in total. The molecule has 0 heterocycles.